The molecule has 0 radical (unpaired) electrons. The standard InChI is InChI=1S/C30H28ClN5O4S/c1-5-20-15-23(28(39)22-11-6-8-12-24(22)31)29(41-20)36-18(2)32-33-30(36)34(3)26(37)17-35-16-19(14-27(38)40-4)21-10-7-9-13-25(21)35/h6-13,15-16H,5,14,17H2,1-4H3. The predicted molar refractivity (Wildman–Crippen MR) is 159 cm³/mol. The van der Waals surface area contributed by atoms with Gasteiger partial charge in [-0.3, -0.25) is 23.9 Å². The molecule has 1 amide bonds. The van der Waals surface area contributed by atoms with Gasteiger partial charge in [-0.2, -0.15) is 0 Å². The third-order valence-corrected chi connectivity index (χ3v) is 8.49. The number of carbonyl (C=O) groups is 3. The first-order chi connectivity index (χ1) is 19.7. The van der Waals surface area contributed by atoms with Crippen molar-refractivity contribution in [2.24, 2.45) is 0 Å². The molecule has 210 valence electrons. The summed E-state index contributed by atoms with van der Waals surface area (Å²) in [6.45, 7) is 3.80. The lowest BCUT2D eigenvalue weighted by Gasteiger charge is -2.18. The summed E-state index contributed by atoms with van der Waals surface area (Å²) in [5, 5.41) is 10.4. The van der Waals surface area contributed by atoms with Crippen LogP contribution in [0.4, 0.5) is 5.95 Å². The number of carbonyl (C=O) groups excluding carboxylic acids is 3. The fourth-order valence-corrected chi connectivity index (χ4v) is 6.07. The number of ketones is 1. The van der Waals surface area contributed by atoms with E-state index in [9.17, 15) is 14.4 Å². The molecule has 5 aromatic rings. The molecule has 0 aliphatic carbocycles. The highest BCUT2D eigenvalue weighted by Crippen LogP contribution is 2.34. The molecule has 2 aromatic carbocycles. The number of amides is 1. The summed E-state index contributed by atoms with van der Waals surface area (Å²) in [4.78, 5) is 41.7. The Hall–Kier alpha value is -4.28. The number of esters is 1. The van der Waals surface area contributed by atoms with Gasteiger partial charge in [0.05, 0.1) is 24.1 Å². The number of halogens is 1. The Morgan fingerprint density at radius 2 is 1.78 bits per heavy atom. The number of likely N-dealkylation sites (N-methyl/N-ethyl adjacent to an activating group) is 1. The van der Waals surface area contributed by atoms with Crippen molar-refractivity contribution in [3.63, 3.8) is 0 Å². The molecule has 0 aliphatic rings. The number of hydrogen-bond acceptors (Lipinski definition) is 7. The number of thiophene rings is 1. The van der Waals surface area contributed by atoms with Crippen LogP contribution >= 0.6 is 22.9 Å². The Kier molecular flexibility index (Phi) is 8.05. The van der Waals surface area contributed by atoms with Crippen molar-refractivity contribution in [1.29, 1.82) is 0 Å². The second kappa shape index (κ2) is 11.7. The van der Waals surface area contributed by atoms with Crippen molar-refractivity contribution < 1.29 is 19.1 Å². The number of para-hydroxylation sites is 1. The predicted octanol–water partition coefficient (Wildman–Crippen LogP) is 5.42. The van der Waals surface area contributed by atoms with Gasteiger partial charge in [0, 0.05) is 34.6 Å². The van der Waals surface area contributed by atoms with E-state index in [2.05, 4.69) is 10.2 Å². The summed E-state index contributed by atoms with van der Waals surface area (Å²) in [5.74, 6) is -0.00754. The third-order valence-electron chi connectivity index (χ3n) is 6.90. The van der Waals surface area contributed by atoms with Gasteiger partial charge in [-0.1, -0.05) is 48.9 Å². The molecular weight excluding hydrogens is 562 g/mol. The van der Waals surface area contributed by atoms with Gasteiger partial charge < -0.3 is 9.30 Å². The molecule has 0 atom stereocenters. The quantitative estimate of drug-likeness (QED) is 0.168. The Morgan fingerprint density at radius 3 is 2.51 bits per heavy atom. The molecule has 5 rings (SSSR count). The Bertz CT molecular complexity index is 1790. The lowest BCUT2D eigenvalue weighted by atomic mass is 10.0. The van der Waals surface area contributed by atoms with Crippen molar-refractivity contribution in [3.05, 3.63) is 93.2 Å². The summed E-state index contributed by atoms with van der Waals surface area (Å²) in [6, 6.07) is 16.4. The maximum atomic E-state index is 13.7. The van der Waals surface area contributed by atoms with Crippen LogP contribution in [-0.2, 0) is 33.7 Å². The normalized spacial score (nSPS) is 11.1. The molecule has 0 aliphatic heterocycles. The van der Waals surface area contributed by atoms with E-state index in [1.807, 2.05) is 41.8 Å². The first-order valence-corrected chi connectivity index (χ1v) is 14.2. The van der Waals surface area contributed by atoms with Gasteiger partial charge in [0.15, 0.2) is 5.78 Å². The second-order valence-corrected chi connectivity index (χ2v) is 11.0. The van der Waals surface area contributed by atoms with E-state index in [0.29, 0.717) is 27.0 Å². The van der Waals surface area contributed by atoms with Gasteiger partial charge >= 0.3 is 5.97 Å². The first kappa shape index (κ1) is 28.3. The number of anilines is 1. The molecule has 11 heteroatoms. The molecule has 3 heterocycles. The minimum atomic E-state index is -0.357. The van der Waals surface area contributed by atoms with E-state index < -0.39 is 0 Å². The fraction of sp³-hybridized carbons (Fsp3) is 0.233. The topological polar surface area (TPSA) is 99.3 Å². The maximum absolute atomic E-state index is 13.7. The molecule has 0 N–H and O–H groups in total. The minimum Gasteiger partial charge on any atom is -0.469 e. The highest BCUT2D eigenvalue weighted by molar-refractivity contribution is 7.15. The van der Waals surface area contributed by atoms with Gasteiger partial charge in [0.25, 0.3) is 0 Å². The summed E-state index contributed by atoms with van der Waals surface area (Å²) >= 11 is 7.82. The van der Waals surface area contributed by atoms with E-state index in [4.69, 9.17) is 16.3 Å². The number of rotatable bonds is 9. The lowest BCUT2D eigenvalue weighted by Crippen LogP contribution is -2.32. The van der Waals surface area contributed by atoms with Crippen molar-refractivity contribution >= 4 is 57.4 Å². The number of benzene rings is 2. The monoisotopic (exact) mass is 589 g/mol. The Morgan fingerprint density at radius 1 is 1.05 bits per heavy atom. The lowest BCUT2D eigenvalue weighted by molar-refractivity contribution is -0.139. The molecular formula is C30H28ClN5O4S. The van der Waals surface area contributed by atoms with Crippen LogP contribution in [0.5, 0.6) is 0 Å². The zero-order valence-corrected chi connectivity index (χ0v) is 24.6. The number of hydrogen-bond donors (Lipinski definition) is 0. The second-order valence-electron chi connectivity index (χ2n) is 9.48. The van der Waals surface area contributed by atoms with E-state index in [1.165, 1.54) is 23.3 Å². The van der Waals surface area contributed by atoms with Gasteiger partial charge in [-0.15, -0.1) is 21.5 Å². The summed E-state index contributed by atoms with van der Waals surface area (Å²) in [6.07, 6.45) is 2.63. The van der Waals surface area contributed by atoms with E-state index in [0.717, 1.165) is 27.8 Å². The molecule has 3 aromatic heterocycles. The van der Waals surface area contributed by atoms with Gasteiger partial charge in [-0.25, -0.2) is 0 Å². The Balaban J connectivity index is 1.50. The van der Waals surface area contributed by atoms with Crippen molar-refractivity contribution in [2.45, 2.75) is 33.2 Å². The van der Waals surface area contributed by atoms with E-state index >= 15 is 0 Å². The van der Waals surface area contributed by atoms with E-state index in [-0.39, 0.29) is 36.6 Å². The zero-order chi connectivity index (χ0) is 29.3. The maximum Gasteiger partial charge on any atom is 0.310 e. The Labute approximate surface area is 245 Å². The zero-order valence-electron chi connectivity index (χ0n) is 23.1. The molecule has 0 unspecified atom stereocenters. The van der Waals surface area contributed by atoms with Crippen LogP contribution in [0.25, 0.3) is 15.9 Å². The summed E-state index contributed by atoms with van der Waals surface area (Å²) in [7, 11) is 2.98. The van der Waals surface area contributed by atoms with Crippen LogP contribution in [0.2, 0.25) is 5.02 Å². The first-order valence-electron chi connectivity index (χ1n) is 13.0. The highest BCUT2D eigenvalue weighted by atomic mass is 35.5. The molecule has 9 nitrogen and oxygen atoms in total. The average molecular weight is 590 g/mol. The van der Waals surface area contributed by atoms with Gasteiger partial charge in [-0.05, 0) is 43.2 Å². The summed E-state index contributed by atoms with van der Waals surface area (Å²) in [5.41, 5.74) is 2.46. The number of methoxy groups -OCH3 is 1. The van der Waals surface area contributed by atoms with Crippen LogP contribution in [0.15, 0.2) is 60.8 Å². The SMILES string of the molecule is CCc1cc(C(=O)c2ccccc2Cl)c(-n2c(C)nnc2N(C)C(=O)Cn2cc(CC(=O)OC)c3ccccc32)s1. The fourth-order valence-electron chi connectivity index (χ4n) is 4.72. The highest BCUT2D eigenvalue weighted by Gasteiger charge is 2.27. The van der Waals surface area contributed by atoms with Crippen LogP contribution in [0.1, 0.15) is 39.1 Å². The van der Waals surface area contributed by atoms with Crippen LogP contribution in [0.3, 0.4) is 0 Å². The van der Waals surface area contributed by atoms with Crippen molar-refractivity contribution in [3.8, 4) is 5.00 Å². The van der Waals surface area contributed by atoms with Gasteiger partial charge in [0.2, 0.25) is 11.9 Å². The number of aryl methyl sites for hydroxylation is 2. The van der Waals surface area contributed by atoms with Crippen LogP contribution < -0.4 is 4.90 Å². The number of aromatic nitrogens is 4. The third kappa shape index (κ3) is 5.40. The molecule has 0 spiro atoms. The summed E-state index contributed by atoms with van der Waals surface area (Å²) < 4.78 is 8.40. The number of nitrogens with zero attached hydrogens (tertiary/aromatic N) is 5. The van der Waals surface area contributed by atoms with Gasteiger partial charge in [0.1, 0.15) is 17.4 Å². The number of ether oxygens (including phenoxy) is 1. The van der Waals surface area contributed by atoms with E-state index in [1.54, 1.807) is 49.0 Å². The van der Waals surface area contributed by atoms with Crippen molar-refractivity contribution in [1.82, 2.24) is 19.3 Å². The number of fused-ring (bicyclic) bond motifs is 1. The molecule has 0 bridgehead atoms. The smallest absolute Gasteiger partial charge is 0.310 e. The largest absolute Gasteiger partial charge is 0.469 e. The van der Waals surface area contributed by atoms with Crippen LogP contribution in [0, 0.1) is 6.92 Å². The van der Waals surface area contributed by atoms with Crippen LogP contribution in [-0.4, -0.2) is 51.1 Å². The average Bonchev–Trinajstić information content (AvgIpc) is 3.67. The minimum absolute atomic E-state index is 0.000154. The molecule has 41 heavy (non-hydrogen) atoms. The molecule has 0 saturated heterocycles. The van der Waals surface area contributed by atoms with Crippen molar-refractivity contribution in [2.75, 3.05) is 19.1 Å². The molecule has 0 saturated carbocycles. The molecule has 0 fully saturated rings.